The maximum atomic E-state index is 12.6. The van der Waals surface area contributed by atoms with Gasteiger partial charge >= 0.3 is 0 Å². The van der Waals surface area contributed by atoms with Crippen molar-refractivity contribution in [3.05, 3.63) is 66.2 Å². The highest BCUT2D eigenvalue weighted by Crippen LogP contribution is 2.23. The maximum Gasteiger partial charge on any atom is 0.256 e. The fourth-order valence-electron chi connectivity index (χ4n) is 2.79. The number of rotatable bonds is 7. The molecule has 29 heavy (non-hydrogen) atoms. The van der Waals surface area contributed by atoms with Gasteiger partial charge in [-0.15, -0.1) is 0 Å². The largest absolute Gasteiger partial charge is 0.399 e. The zero-order valence-corrected chi connectivity index (χ0v) is 16.5. The molecule has 0 bridgehead atoms. The summed E-state index contributed by atoms with van der Waals surface area (Å²) in [4.78, 5) is 21.6. The van der Waals surface area contributed by atoms with Crippen molar-refractivity contribution in [2.75, 3.05) is 23.0 Å². The Kier molecular flexibility index (Phi) is 6.41. The lowest BCUT2D eigenvalue weighted by Gasteiger charge is -2.20. The van der Waals surface area contributed by atoms with E-state index < -0.39 is 0 Å². The van der Waals surface area contributed by atoms with Gasteiger partial charge in [-0.25, -0.2) is 4.98 Å². The number of carbonyl (C=O) groups excluding carboxylic acids is 1. The second kappa shape index (κ2) is 9.16. The van der Waals surface area contributed by atoms with Crippen LogP contribution >= 0.6 is 0 Å². The first-order valence-electron chi connectivity index (χ1n) is 9.45. The first-order valence-corrected chi connectivity index (χ1v) is 9.45. The van der Waals surface area contributed by atoms with Crippen LogP contribution in [-0.4, -0.2) is 33.6 Å². The molecule has 0 aliphatic carbocycles. The van der Waals surface area contributed by atoms with Gasteiger partial charge in [0.25, 0.3) is 5.91 Å². The van der Waals surface area contributed by atoms with Gasteiger partial charge in [-0.05, 0) is 24.1 Å². The molecule has 5 N–H and O–H groups in total. The van der Waals surface area contributed by atoms with Gasteiger partial charge in [0.05, 0.1) is 18.3 Å². The van der Waals surface area contributed by atoms with Gasteiger partial charge in [0.2, 0.25) is 5.95 Å². The summed E-state index contributed by atoms with van der Waals surface area (Å²) >= 11 is 0. The van der Waals surface area contributed by atoms with Gasteiger partial charge in [-0.3, -0.25) is 4.79 Å². The minimum atomic E-state index is -0.316. The number of carbonyl (C=O) groups is 1. The smallest absolute Gasteiger partial charge is 0.256 e. The molecule has 0 aliphatic heterocycles. The van der Waals surface area contributed by atoms with E-state index in [2.05, 4.69) is 20.6 Å². The molecule has 1 amide bonds. The van der Waals surface area contributed by atoms with Crippen LogP contribution in [0.25, 0.3) is 11.3 Å². The van der Waals surface area contributed by atoms with Crippen molar-refractivity contribution in [3.8, 4) is 11.3 Å². The fraction of sp³-hybridized carbons (Fsp3) is 0.227. The Balaban J connectivity index is 1.94. The van der Waals surface area contributed by atoms with Crippen molar-refractivity contribution < 1.29 is 9.90 Å². The summed E-state index contributed by atoms with van der Waals surface area (Å²) < 4.78 is 0. The summed E-state index contributed by atoms with van der Waals surface area (Å²) in [5.74, 6) is 0.550. The van der Waals surface area contributed by atoms with Gasteiger partial charge in [0.1, 0.15) is 5.82 Å². The molecule has 0 unspecified atom stereocenters. The molecule has 0 saturated heterocycles. The number of nitrogens with two attached hydrogens (primary N) is 1. The highest BCUT2D eigenvalue weighted by molar-refractivity contribution is 6.04. The Hall–Kier alpha value is -3.45. The predicted molar refractivity (Wildman–Crippen MR) is 116 cm³/mol. The van der Waals surface area contributed by atoms with Crippen LogP contribution < -0.4 is 16.4 Å². The van der Waals surface area contributed by atoms with Crippen molar-refractivity contribution in [2.24, 2.45) is 5.92 Å². The van der Waals surface area contributed by atoms with E-state index in [1.807, 2.05) is 44.2 Å². The van der Waals surface area contributed by atoms with Crippen LogP contribution in [0, 0.1) is 5.92 Å². The second-order valence-electron chi connectivity index (χ2n) is 7.09. The highest BCUT2D eigenvalue weighted by Gasteiger charge is 2.16. The number of amides is 1. The number of nitrogens with zero attached hydrogens (tertiary/aromatic N) is 2. The molecule has 3 rings (SSSR count). The molecule has 0 aliphatic rings. The Morgan fingerprint density at radius 1 is 1.07 bits per heavy atom. The third-order valence-electron chi connectivity index (χ3n) is 4.50. The van der Waals surface area contributed by atoms with Gasteiger partial charge in [-0.2, -0.15) is 4.98 Å². The zero-order valence-electron chi connectivity index (χ0n) is 16.5. The van der Waals surface area contributed by atoms with Crippen molar-refractivity contribution >= 4 is 23.4 Å². The molecule has 7 nitrogen and oxygen atoms in total. The molecule has 0 saturated carbocycles. The number of benzene rings is 2. The van der Waals surface area contributed by atoms with Crippen molar-refractivity contribution in [2.45, 2.75) is 19.9 Å². The predicted octanol–water partition coefficient (Wildman–Crippen LogP) is 3.41. The van der Waals surface area contributed by atoms with Crippen LogP contribution in [0.2, 0.25) is 0 Å². The van der Waals surface area contributed by atoms with Crippen LogP contribution in [0.3, 0.4) is 0 Å². The van der Waals surface area contributed by atoms with E-state index in [-0.39, 0.29) is 24.5 Å². The minimum Gasteiger partial charge on any atom is -0.399 e. The van der Waals surface area contributed by atoms with E-state index in [9.17, 15) is 9.90 Å². The highest BCUT2D eigenvalue weighted by atomic mass is 16.3. The van der Waals surface area contributed by atoms with Crippen molar-refractivity contribution in [1.29, 1.82) is 0 Å². The number of hydrogen-bond donors (Lipinski definition) is 4. The Morgan fingerprint density at radius 3 is 2.48 bits per heavy atom. The number of aliphatic hydroxyl groups excluding tert-OH is 1. The molecule has 0 radical (unpaired) electrons. The van der Waals surface area contributed by atoms with Crippen molar-refractivity contribution in [3.63, 3.8) is 0 Å². The third kappa shape index (κ3) is 5.30. The van der Waals surface area contributed by atoms with Gasteiger partial charge in [0, 0.05) is 22.9 Å². The molecule has 1 heterocycles. The summed E-state index contributed by atoms with van der Waals surface area (Å²) in [6.45, 7) is 3.94. The summed E-state index contributed by atoms with van der Waals surface area (Å²) in [5, 5.41) is 15.6. The molecule has 1 atom stereocenters. The fourth-order valence-corrected chi connectivity index (χ4v) is 2.79. The Labute approximate surface area is 170 Å². The monoisotopic (exact) mass is 391 g/mol. The average Bonchev–Trinajstić information content (AvgIpc) is 2.72. The quantitative estimate of drug-likeness (QED) is 0.459. The van der Waals surface area contributed by atoms with Crippen molar-refractivity contribution in [1.82, 2.24) is 9.97 Å². The zero-order chi connectivity index (χ0) is 20.8. The number of hydrogen-bond acceptors (Lipinski definition) is 6. The van der Waals surface area contributed by atoms with E-state index in [0.29, 0.717) is 28.7 Å². The van der Waals surface area contributed by atoms with E-state index >= 15 is 0 Å². The number of aliphatic hydroxyl groups is 1. The van der Waals surface area contributed by atoms with Crippen LogP contribution in [0.5, 0.6) is 0 Å². The number of nitrogens with one attached hydrogen (secondary N) is 2. The average molecular weight is 391 g/mol. The minimum absolute atomic E-state index is 0.0540. The first kappa shape index (κ1) is 20.3. The summed E-state index contributed by atoms with van der Waals surface area (Å²) in [7, 11) is 0. The van der Waals surface area contributed by atoms with Crippen LogP contribution in [0.1, 0.15) is 24.2 Å². The molecule has 150 valence electrons. The number of nitrogen functional groups attached to an aromatic ring is 1. The van der Waals surface area contributed by atoms with E-state index in [1.54, 1.807) is 30.3 Å². The molecule has 0 spiro atoms. The van der Waals surface area contributed by atoms with Gasteiger partial charge in [0.15, 0.2) is 0 Å². The lowest BCUT2D eigenvalue weighted by atomic mass is 10.1. The lowest BCUT2D eigenvalue weighted by Crippen LogP contribution is -2.30. The van der Waals surface area contributed by atoms with Gasteiger partial charge < -0.3 is 21.5 Å². The van der Waals surface area contributed by atoms with Gasteiger partial charge in [-0.1, -0.05) is 50.2 Å². The lowest BCUT2D eigenvalue weighted by molar-refractivity contribution is 0.102. The molecular formula is C22H25N5O2. The van der Waals surface area contributed by atoms with E-state index in [1.165, 1.54) is 0 Å². The molecule has 0 fully saturated rings. The first-order chi connectivity index (χ1) is 14.0. The molecule has 2 aromatic carbocycles. The Bertz CT molecular complexity index is 976. The van der Waals surface area contributed by atoms with Crippen LogP contribution in [0.15, 0.2) is 60.7 Å². The topological polar surface area (TPSA) is 113 Å². The Morgan fingerprint density at radius 2 is 1.83 bits per heavy atom. The number of anilines is 3. The summed E-state index contributed by atoms with van der Waals surface area (Å²) in [5.41, 5.74) is 8.27. The molecular weight excluding hydrogens is 366 g/mol. The third-order valence-corrected chi connectivity index (χ3v) is 4.50. The van der Waals surface area contributed by atoms with E-state index in [0.717, 1.165) is 5.56 Å². The maximum absolute atomic E-state index is 12.6. The molecule has 1 aromatic heterocycles. The second-order valence-corrected chi connectivity index (χ2v) is 7.09. The van der Waals surface area contributed by atoms with Crippen LogP contribution in [-0.2, 0) is 0 Å². The molecule has 7 heteroatoms. The summed E-state index contributed by atoms with van der Waals surface area (Å²) in [6.07, 6.45) is 0. The SMILES string of the molecule is CC(C)[C@@H](CO)Nc1nc(NC(=O)c2cccc(N)c2)cc(-c2ccccc2)n1. The summed E-state index contributed by atoms with van der Waals surface area (Å²) in [6, 6.07) is 17.9. The molecule has 3 aromatic rings. The number of aromatic nitrogens is 2. The standard InChI is InChI=1S/C22H25N5O2/c1-14(2)19(13-28)25-22-24-18(15-7-4-3-5-8-15)12-20(27-22)26-21(29)16-9-6-10-17(23)11-16/h3-12,14,19,28H,13,23H2,1-2H3,(H2,24,25,26,27,29)/t19-/m1/s1. The normalized spacial score (nSPS) is 11.9. The van der Waals surface area contributed by atoms with Crippen LogP contribution in [0.4, 0.5) is 17.5 Å². The van der Waals surface area contributed by atoms with E-state index in [4.69, 9.17) is 5.73 Å².